The van der Waals surface area contributed by atoms with Crippen LogP contribution < -0.4 is 11.1 Å². The van der Waals surface area contributed by atoms with Crippen molar-refractivity contribution in [2.45, 2.75) is 6.92 Å². The molecule has 2 aromatic rings. The van der Waals surface area contributed by atoms with Gasteiger partial charge in [0.05, 0.1) is 5.69 Å². The number of nitrogens with one attached hydrogen (secondary N) is 1. The predicted octanol–water partition coefficient (Wildman–Crippen LogP) is 3.63. The summed E-state index contributed by atoms with van der Waals surface area (Å²) in [6.45, 7) is 1.34. The van der Waals surface area contributed by atoms with Crippen LogP contribution in [-0.4, -0.2) is 5.78 Å². The van der Waals surface area contributed by atoms with Crippen LogP contribution in [0.2, 0.25) is 0 Å². The quantitative estimate of drug-likeness (QED) is 0.513. The van der Waals surface area contributed by atoms with Gasteiger partial charge >= 0.3 is 0 Å². The molecule has 0 aliphatic carbocycles. The van der Waals surface area contributed by atoms with Crippen LogP contribution in [0.25, 0.3) is 0 Å². The van der Waals surface area contributed by atoms with Gasteiger partial charge in [-0.05, 0) is 37.3 Å². The summed E-state index contributed by atoms with van der Waals surface area (Å²) in [6, 6.07) is 6.26. The van der Waals surface area contributed by atoms with Gasteiger partial charge in [-0.25, -0.2) is 13.2 Å². The van der Waals surface area contributed by atoms with E-state index in [-0.39, 0.29) is 22.7 Å². The van der Waals surface area contributed by atoms with Crippen LogP contribution in [0.4, 0.5) is 30.2 Å². The highest BCUT2D eigenvalue weighted by Gasteiger charge is 2.14. The number of carbonyl (C=O) groups excluding carboxylic acids is 1. The Hall–Kier alpha value is -2.50. The monoisotopic (exact) mass is 280 g/mol. The summed E-state index contributed by atoms with van der Waals surface area (Å²) < 4.78 is 39.4. The molecule has 0 aromatic heterocycles. The summed E-state index contributed by atoms with van der Waals surface area (Å²) >= 11 is 0. The van der Waals surface area contributed by atoms with Crippen LogP contribution in [0.1, 0.15) is 17.3 Å². The Labute approximate surface area is 113 Å². The minimum Gasteiger partial charge on any atom is -0.398 e. The molecule has 0 spiro atoms. The van der Waals surface area contributed by atoms with E-state index in [0.717, 1.165) is 12.1 Å². The van der Waals surface area contributed by atoms with Crippen molar-refractivity contribution < 1.29 is 18.0 Å². The zero-order valence-electron chi connectivity index (χ0n) is 10.5. The van der Waals surface area contributed by atoms with Gasteiger partial charge in [-0.1, -0.05) is 0 Å². The van der Waals surface area contributed by atoms with Crippen molar-refractivity contribution in [1.29, 1.82) is 0 Å². The van der Waals surface area contributed by atoms with E-state index in [2.05, 4.69) is 5.32 Å². The number of nitrogen functional groups attached to an aromatic ring is 1. The van der Waals surface area contributed by atoms with E-state index in [4.69, 9.17) is 5.73 Å². The number of benzene rings is 2. The summed E-state index contributed by atoms with van der Waals surface area (Å²) in [6.07, 6.45) is 0. The van der Waals surface area contributed by atoms with Crippen molar-refractivity contribution in [2.24, 2.45) is 0 Å². The highest BCUT2D eigenvalue weighted by atomic mass is 19.2. The largest absolute Gasteiger partial charge is 0.398 e. The van der Waals surface area contributed by atoms with Crippen molar-refractivity contribution in [3.05, 3.63) is 53.3 Å². The number of hydrogen-bond donors (Lipinski definition) is 2. The van der Waals surface area contributed by atoms with Crippen molar-refractivity contribution in [2.75, 3.05) is 11.1 Å². The molecule has 0 amide bonds. The first kappa shape index (κ1) is 13.9. The maximum absolute atomic E-state index is 13.5. The van der Waals surface area contributed by atoms with Crippen LogP contribution >= 0.6 is 0 Å². The molecule has 0 atom stereocenters. The fourth-order valence-electron chi connectivity index (χ4n) is 1.72. The number of rotatable bonds is 3. The van der Waals surface area contributed by atoms with E-state index >= 15 is 0 Å². The number of hydrogen-bond acceptors (Lipinski definition) is 3. The van der Waals surface area contributed by atoms with Crippen LogP contribution in [0, 0.1) is 17.5 Å². The number of anilines is 3. The molecule has 0 bridgehead atoms. The third-order valence-electron chi connectivity index (χ3n) is 2.75. The smallest absolute Gasteiger partial charge is 0.196 e. The zero-order chi connectivity index (χ0) is 14.9. The van der Waals surface area contributed by atoms with Crippen LogP contribution in [0.3, 0.4) is 0 Å². The minimum absolute atomic E-state index is 0.233. The normalized spacial score (nSPS) is 10.4. The van der Waals surface area contributed by atoms with Gasteiger partial charge in [0.1, 0.15) is 0 Å². The van der Waals surface area contributed by atoms with E-state index in [1.165, 1.54) is 25.1 Å². The van der Waals surface area contributed by atoms with Gasteiger partial charge in [-0.3, -0.25) is 4.79 Å². The maximum Gasteiger partial charge on any atom is 0.196 e. The lowest BCUT2D eigenvalue weighted by Gasteiger charge is -2.10. The fraction of sp³-hybridized carbons (Fsp3) is 0.0714. The van der Waals surface area contributed by atoms with Crippen molar-refractivity contribution in [3.63, 3.8) is 0 Å². The van der Waals surface area contributed by atoms with E-state index in [0.29, 0.717) is 5.69 Å². The van der Waals surface area contributed by atoms with E-state index in [9.17, 15) is 18.0 Å². The summed E-state index contributed by atoms with van der Waals surface area (Å²) in [5, 5.41) is 2.57. The Morgan fingerprint density at radius 2 is 1.80 bits per heavy atom. The fourth-order valence-corrected chi connectivity index (χ4v) is 1.72. The summed E-state index contributed by atoms with van der Waals surface area (Å²) in [7, 11) is 0. The Balaban J connectivity index is 2.38. The third-order valence-corrected chi connectivity index (χ3v) is 2.75. The molecular formula is C14H11F3N2O. The van der Waals surface area contributed by atoms with Gasteiger partial charge in [0.2, 0.25) is 0 Å². The van der Waals surface area contributed by atoms with Crippen molar-refractivity contribution in [1.82, 2.24) is 0 Å². The molecule has 0 unspecified atom stereocenters. The van der Waals surface area contributed by atoms with Crippen LogP contribution in [0.5, 0.6) is 0 Å². The lowest BCUT2D eigenvalue weighted by molar-refractivity contribution is 0.101. The lowest BCUT2D eigenvalue weighted by atomic mass is 10.1. The number of Topliss-reactive ketones (excluding diaryl/α,β-unsaturated/α-hetero) is 1. The van der Waals surface area contributed by atoms with Gasteiger partial charge in [0.15, 0.2) is 23.2 Å². The molecule has 0 heterocycles. The molecular weight excluding hydrogens is 269 g/mol. The predicted molar refractivity (Wildman–Crippen MR) is 70.5 cm³/mol. The number of halogens is 3. The first-order chi connectivity index (χ1) is 9.40. The van der Waals surface area contributed by atoms with Gasteiger partial charge in [0.25, 0.3) is 0 Å². The Morgan fingerprint density at radius 1 is 1.10 bits per heavy atom. The van der Waals surface area contributed by atoms with E-state index in [1.807, 2.05) is 0 Å². The standard InChI is InChI=1S/C14H11F3N2O/c1-7(20)9-6-8(2-4-11(9)18)19-12-5-3-10(15)13(16)14(12)17/h2-6,19H,18H2,1H3. The second-order valence-corrected chi connectivity index (χ2v) is 4.21. The first-order valence-electron chi connectivity index (χ1n) is 5.71. The molecule has 20 heavy (non-hydrogen) atoms. The van der Waals surface area contributed by atoms with Gasteiger partial charge in [0, 0.05) is 16.9 Å². The summed E-state index contributed by atoms with van der Waals surface area (Å²) in [4.78, 5) is 11.3. The van der Waals surface area contributed by atoms with E-state index < -0.39 is 17.5 Å². The van der Waals surface area contributed by atoms with E-state index in [1.54, 1.807) is 0 Å². The lowest BCUT2D eigenvalue weighted by Crippen LogP contribution is -2.03. The van der Waals surface area contributed by atoms with Gasteiger partial charge in [-0.15, -0.1) is 0 Å². The average molecular weight is 280 g/mol. The molecule has 0 aliphatic rings. The van der Waals surface area contributed by atoms with Gasteiger partial charge in [-0.2, -0.15) is 0 Å². The molecule has 3 N–H and O–H groups in total. The second-order valence-electron chi connectivity index (χ2n) is 4.21. The Kier molecular flexibility index (Phi) is 3.65. The number of ketones is 1. The molecule has 0 aliphatic heterocycles. The Bertz CT molecular complexity index is 686. The second kappa shape index (κ2) is 5.24. The molecule has 0 fully saturated rings. The third kappa shape index (κ3) is 2.59. The van der Waals surface area contributed by atoms with Crippen LogP contribution in [0.15, 0.2) is 30.3 Å². The Morgan fingerprint density at radius 3 is 2.45 bits per heavy atom. The van der Waals surface area contributed by atoms with Crippen molar-refractivity contribution in [3.8, 4) is 0 Å². The zero-order valence-corrected chi connectivity index (χ0v) is 10.5. The summed E-state index contributed by atoms with van der Waals surface area (Å²) in [5.41, 5.74) is 6.28. The molecule has 3 nitrogen and oxygen atoms in total. The molecule has 2 rings (SSSR count). The highest BCUT2D eigenvalue weighted by Crippen LogP contribution is 2.25. The SMILES string of the molecule is CC(=O)c1cc(Nc2ccc(F)c(F)c2F)ccc1N. The van der Waals surface area contributed by atoms with Crippen molar-refractivity contribution >= 4 is 22.8 Å². The number of carbonyl (C=O) groups is 1. The molecule has 0 saturated carbocycles. The maximum atomic E-state index is 13.5. The molecule has 0 radical (unpaired) electrons. The minimum atomic E-state index is -1.56. The molecule has 6 heteroatoms. The highest BCUT2D eigenvalue weighted by molar-refractivity contribution is 6.00. The number of nitrogens with two attached hydrogens (primary N) is 1. The first-order valence-corrected chi connectivity index (χ1v) is 5.71. The molecule has 0 saturated heterocycles. The topological polar surface area (TPSA) is 55.1 Å². The average Bonchev–Trinajstić information content (AvgIpc) is 2.41. The molecule has 2 aromatic carbocycles. The summed E-state index contributed by atoms with van der Waals surface area (Å²) in [5.74, 6) is -4.41. The van der Waals surface area contributed by atoms with Crippen LogP contribution in [-0.2, 0) is 0 Å². The molecule has 104 valence electrons. The van der Waals surface area contributed by atoms with Gasteiger partial charge < -0.3 is 11.1 Å².